The number of aryl methyl sites for hydroxylation is 3. The first-order valence-electron chi connectivity index (χ1n) is 9.16. The zero-order valence-electron chi connectivity index (χ0n) is 16.1. The monoisotopic (exact) mass is 356 g/mol. The number of carbonyl (C=O) groups excluding carboxylic acids is 1. The fraction of sp³-hybridized carbons (Fsp3) is 0.500. The van der Waals surface area contributed by atoms with Crippen molar-refractivity contribution in [2.75, 3.05) is 13.2 Å². The molecule has 0 atom stereocenters. The van der Waals surface area contributed by atoms with E-state index in [2.05, 4.69) is 12.0 Å². The summed E-state index contributed by atoms with van der Waals surface area (Å²) in [6.07, 6.45) is 2.12. The first-order valence-corrected chi connectivity index (χ1v) is 9.16. The third kappa shape index (κ3) is 3.75. The lowest BCUT2D eigenvalue weighted by Crippen LogP contribution is -2.33. The highest BCUT2D eigenvalue weighted by molar-refractivity contribution is 5.95. The summed E-state index contributed by atoms with van der Waals surface area (Å²) in [4.78, 5) is 15.2. The maximum Gasteiger partial charge on any atom is 0.254 e. The van der Waals surface area contributed by atoms with Crippen molar-refractivity contribution < 1.29 is 9.53 Å². The van der Waals surface area contributed by atoms with E-state index in [9.17, 15) is 4.79 Å². The maximum absolute atomic E-state index is 13.2. The fourth-order valence-electron chi connectivity index (χ4n) is 3.19. The van der Waals surface area contributed by atoms with Crippen LogP contribution in [0.2, 0.25) is 0 Å². The van der Waals surface area contributed by atoms with Gasteiger partial charge in [0.15, 0.2) is 0 Å². The van der Waals surface area contributed by atoms with Gasteiger partial charge in [-0.1, -0.05) is 6.07 Å². The third-order valence-corrected chi connectivity index (χ3v) is 5.05. The summed E-state index contributed by atoms with van der Waals surface area (Å²) in [5.74, 6) is 0.776. The van der Waals surface area contributed by atoms with Gasteiger partial charge in [0.1, 0.15) is 12.4 Å². The Morgan fingerprint density at radius 1 is 1.35 bits per heavy atom. The Labute approximate surface area is 154 Å². The molecule has 1 saturated carbocycles. The van der Waals surface area contributed by atoms with Gasteiger partial charge in [-0.25, -0.2) is 0 Å². The summed E-state index contributed by atoms with van der Waals surface area (Å²) in [6, 6.07) is 5.97. The number of nitrogens with zero attached hydrogens (tertiary/aromatic N) is 3. The van der Waals surface area contributed by atoms with E-state index in [1.165, 1.54) is 0 Å². The molecular weight excluding hydrogens is 328 g/mol. The number of carbonyl (C=O) groups is 1. The molecule has 2 N–H and O–H groups in total. The van der Waals surface area contributed by atoms with Crippen LogP contribution in [0.3, 0.4) is 0 Å². The molecule has 1 aromatic heterocycles. The van der Waals surface area contributed by atoms with Gasteiger partial charge >= 0.3 is 0 Å². The quantitative estimate of drug-likeness (QED) is 0.827. The van der Waals surface area contributed by atoms with Crippen molar-refractivity contribution >= 4 is 5.91 Å². The molecule has 3 rings (SSSR count). The van der Waals surface area contributed by atoms with Crippen LogP contribution in [-0.2, 0) is 13.6 Å². The number of hydrogen-bond acceptors (Lipinski definition) is 4. The molecule has 26 heavy (non-hydrogen) atoms. The first-order chi connectivity index (χ1) is 12.4. The van der Waals surface area contributed by atoms with Crippen LogP contribution >= 0.6 is 0 Å². The lowest BCUT2D eigenvalue weighted by Gasteiger charge is -2.23. The molecule has 6 nitrogen and oxygen atoms in total. The number of hydrogen-bond donors (Lipinski definition) is 1. The molecule has 0 bridgehead atoms. The van der Waals surface area contributed by atoms with Gasteiger partial charge in [0.05, 0.1) is 5.69 Å². The first kappa shape index (κ1) is 18.5. The SMILES string of the molecule is Cc1ccc(C(=O)N(Cc2c(C)nn(C)c2C)C2CC2)cc1OCCN. The molecule has 0 radical (unpaired) electrons. The van der Waals surface area contributed by atoms with E-state index in [-0.39, 0.29) is 5.91 Å². The highest BCUT2D eigenvalue weighted by Crippen LogP contribution is 2.32. The Balaban J connectivity index is 1.85. The summed E-state index contributed by atoms with van der Waals surface area (Å²) in [6.45, 7) is 7.52. The second kappa shape index (κ2) is 7.50. The van der Waals surface area contributed by atoms with Crippen molar-refractivity contribution in [3.63, 3.8) is 0 Å². The summed E-state index contributed by atoms with van der Waals surface area (Å²) < 4.78 is 7.56. The predicted octanol–water partition coefficient (Wildman–Crippen LogP) is 2.49. The minimum Gasteiger partial charge on any atom is -0.492 e. The molecule has 6 heteroatoms. The van der Waals surface area contributed by atoms with E-state index in [1.807, 2.05) is 48.7 Å². The van der Waals surface area contributed by atoms with Crippen LogP contribution in [0.4, 0.5) is 0 Å². The van der Waals surface area contributed by atoms with Crippen molar-refractivity contribution in [3.05, 3.63) is 46.3 Å². The predicted molar refractivity (Wildman–Crippen MR) is 101 cm³/mol. The van der Waals surface area contributed by atoms with Crippen molar-refractivity contribution in [2.45, 2.75) is 46.2 Å². The van der Waals surface area contributed by atoms with Crippen LogP contribution in [-0.4, -0.2) is 39.8 Å². The lowest BCUT2D eigenvalue weighted by molar-refractivity contribution is 0.0729. The second-order valence-corrected chi connectivity index (χ2v) is 7.05. The van der Waals surface area contributed by atoms with E-state index < -0.39 is 0 Å². The van der Waals surface area contributed by atoms with Crippen molar-refractivity contribution in [1.82, 2.24) is 14.7 Å². The van der Waals surface area contributed by atoms with E-state index >= 15 is 0 Å². The molecule has 0 spiro atoms. The van der Waals surface area contributed by atoms with Gasteiger partial charge in [0, 0.05) is 43.0 Å². The van der Waals surface area contributed by atoms with Crippen LogP contribution in [0.15, 0.2) is 18.2 Å². The van der Waals surface area contributed by atoms with Crippen molar-refractivity contribution in [1.29, 1.82) is 0 Å². The maximum atomic E-state index is 13.2. The number of amides is 1. The molecule has 1 amide bonds. The van der Waals surface area contributed by atoms with Gasteiger partial charge < -0.3 is 15.4 Å². The van der Waals surface area contributed by atoms with E-state index in [0.717, 1.165) is 41.1 Å². The molecule has 0 unspecified atom stereocenters. The summed E-state index contributed by atoms with van der Waals surface area (Å²) in [5, 5.41) is 4.48. The van der Waals surface area contributed by atoms with E-state index in [1.54, 1.807) is 0 Å². The van der Waals surface area contributed by atoms with Crippen LogP contribution in [0.25, 0.3) is 0 Å². The standard InChI is InChI=1S/C20H28N4O2/c1-13-5-6-16(11-19(13)26-10-9-21)20(25)24(17-7-8-17)12-18-14(2)22-23(4)15(18)3/h5-6,11,17H,7-10,12,21H2,1-4H3. The van der Waals surface area contributed by atoms with Crippen LogP contribution in [0.5, 0.6) is 5.75 Å². The summed E-state index contributed by atoms with van der Waals surface area (Å²) in [7, 11) is 1.94. The Bertz CT molecular complexity index is 808. The Morgan fingerprint density at radius 2 is 2.08 bits per heavy atom. The average molecular weight is 356 g/mol. The molecular formula is C20H28N4O2. The van der Waals surface area contributed by atoms with Crippen molar-refractivity contribution in [3.8, 4) is 5.75 Å². The third-order valence-electron chi connectivity index (χ3n) is 5.05. The normalized spacial score (nSPS) is 13.7. The number of benzene rings is 1. The molecule has 1 fully saturated rings. The van der Waals surface area contributed by atoms with Gasteiger partial charge in [-0.3, -0.25) is 9.48 Å². The number of nitrogens with two attached hydrogens (primary N) is 1. The van der Waals surface area contributed by atoms with Gasteiger partial charge in [-0.15, -0.1) is 0 Å². The van der Waals surface area contributed by atoms with E-state index in [0.29, 0.717) is 31.3 Å². The number of rotatable bonds is 7. The fourth-order valence-corrected chi connectivity index (χ4v) is 3.19. The van der Waals surface area contributed by atoms with E-state index in [4.69, 9.17) is 10.5 Å². The van der Waals surface area contributed by atoms with Crippen LogP contribution < -0.4 is 10.5 Å². The largest absolute Gasteiger partial charge is 0.492 e. The number of ether oxygens (including phenoxy) is 1. The average Bonchev–Trinajstić information content (AvgIpc) is 3.42. The molecule has 0 saturated heterocycles. The van der Waals surface area contributed by atoms with Gasteiger partial charge in [0.25, 0.3) is 5.91 Å². The van der Waals surface area contributed by atoms with Crippen LogP contribution in [0.1, 0.15) is 45.7 Å². The summed E-state index contributed by atoms with van der Waals surface area (Å²) in [5.41, 5.74) is 10.4. The molecule has 1 aliphatic rings. The van der Waals surface area contributed by atoms with Crippen LogP contribution in [0, 0.1) is 20.8 Å². The zero-order chi connectivity index (χ0) is 18.8. The smallest absolute Gasteiger partial charge is 0.254 e. The molecule has 1 heterocycles. The zero-order valence-corrected chi connectivity index (χ0v) is 16.1. The van der Waals surface area contributed by atoms with Gasteiger partial charge in [-0.05, 0) is 51.3 Å². The lowest BCUT2D eigenvalue weighted by atomic mass is 10.1. The Morgan fingerprint density at radius 3 is 2.65 bits per heavy atom. The minimum absolute atomic E-state index is 0.0488. The molecule has 2 aromatic rings. The highest BCUT2D eigenvalue weighted by atomic mass is 16.5. The van der Waals surface area contributed by atoms with Crippen molar-refractivity contribution in [2.24, 2.45) is 12.8 Å². The molecule has 140 valence electrons. The minimum atomic E-state index is 0.0488. The number of aromatic nitrogens is 2. The Hall–Kier alpha value is -2.34. The second-order valence-electron chi connectivity index (χ2n) is 7.05. The Kier molecular flexibility index (Phi) is 5.32. The highest BCUT2D eigenvalue weighted by Gasteiger charge is 2.34. The topological polar surface area (TPSA) is 73.4 Å². The summed E-state index contributed by atoms with van der Waals surface area (Å²) >= 11 is 0. The molecule has 0 aliphatic heterocycles. The molecule has 1 aromatic carbocycles. The van der Waals surface area contributed by atoms with Gasteiger partial charge in [0.2, 0.25) is 0 Å². The van der Waals surface area contributed by atoms with Gasteiger partial charge in [-0.2, -0.15) is 5.10 Å². The molecule has 1 aliphatic carbocycles.